The highest BCUT2D eigenvalue weighted by Crippen LogP contribution is 2.64. The van der Waals surface area contributed by atoms with Crippen LogP contribution in [-0.4, -0.2) is 5.78 Å². The SMILES string of the molecule is O=C(c1ccc2c(c1)C1(C3=C(CCC=C3)c3ccccc31)c1ccccc1-2)c1ccc2c(c1)C1(c3ccccc3-c3ccccc31)c1ccccc1-2. The molecule has 0 aliphatic heterocycles. The van der Waals surface area contributed by atoms with Crippen molar-refractivity contribution in [1.29, 1.82) is 0 Å². The Bertz CT molecular complexity index is 2760. The molecule has 5 aliphatic carbocycles. The maximum atomic E-state index is 15.0. The quantitative estimate of drug-likeness (QED) is 0.169. The molecule has 0 heterocycles. The van der Waals surface area contributed by atoms with Crippen LogP contribution in [0.15, 0.2) is 175 Å². The molecule has 0 N–H and O–H groups in total. The predicted molar refractivity (Wildman–Crippen MR) is 210 cm³/mol. The molecule has 7 aromatic rings. The molecule has 1 unspecified atom stereocenters. The summed E-state index contributed by atoms with van der Waals surface area (Å²) >= 11 is 0. The Morgan fingerprint density at radius 1 is 0.404 bits per heavy atom. The molecular weight excluding hydrogens is 629 g/mol. The van der Waals surface area contributed by atoms with E-state index >= 15 is 0 Å². The van der Waals surface area contributed by atoms with Gasteiger partial charge in [-0.3, -0.25) is 4.79 Å². The number of allylic oxidation sites excluding steroid dienone is 4. The summed E-state index contributed by atoms with van der Waals surface area (Å²) in [7, 11) is 0. The Morgan fingerprint density at radius 3 is 1.29 bits per heavy atom. The van der Waals surface area contributed by atoms with Gasteiger partial charge in [0.05, 0.1) is 10.8 Å². The average molecular weight is 661 g/mol. The van der Waals surface area contributed by atoms with Gasteiger partial charge in [0.2, 0.25) is 0 Å². The van der Waals surface area contributed by atoms with E-state index in [0.29, 0.717) is 0 Å². The molecule has 52 heavy (non-hydrogen) atoms. The van der Waals surface area contributed by atoms with Gasteiger partial charge in [-0.15, -0.1) is 0 Å². The smallest absolute Gasteiger partial charge is 0.193 e. The molecule has 242 valence electrons. The number of fused-ring (bicyclic) bond motifs is 19. The van der Waals surface area contributed by atoms with Crippen molar-refractivity contribution in [3.05, 3.63) is 231 Å². The van der Waals surface area contributed by atoms with Crippen LogP contribution in [0.3, 0.4) is 0 Å². The number of hydrogen-bond donors (Lipinski definition) is 0. The van der Waals surface area contributed by atoms with Crippen LogP contribution in [-0.2, 0) is 10.8 Å². The summed E-state index contributed by atoms with van der Waals surface area (Å²) < 4.78 is 0. The minimum Gasteiger partial charge on any atom is -0.289 e. The predicted octanol–water partition coefficient (Wildman–Crippen LogP) is 11.7. The van der Waals surface area contributed by atoms with E-state index in [1.807, 2.05) is 0 Å². The molecule has 5 aliphatic rings. The molecule has 1 atom stereocenters. The minimum atomic E-state index is -0.483. The van der Waals surface area contributed by atoms with E-state index < -0.39 is 10.8 Å². The fraction of sp³-hybridized carbons (Fsp3) is 0.0784. The third-order valence-electron chi connectivity index (χ3n) is 12.8. The van der Waals surface area contributed by atoms with Crippen molar-refractivity contribution in [3.63, 3.8) is 0 Å². The minimum absolute atomic E-state index is 0.0575. The van der Waals surface area contributed by atoms with E-state index in [4.69, 9.17) is 0 Å². The third kappa shape index (κ3) is 3.20. The highest BCUT2D eigenvalue weighted by molar-refractivity contribution is 6.11. The zero-order chi connectivity index (χ0) is 34.2. The van der Waals surface area contributed by atoms with Gasteiger partial charge in [-0.05, 0) is 114 Å². The van der Waals surface area contributed by atoms with Crippen LogP contribution in [0.5, 0.6) is 0 Å². The van der Waals surface area contributed by atoms with E-state index in [0.717, 1.165) is 24.0 Å². The van der Waals surface area contributed by atoms with Gasteiger partial charge in [-0.1, -0.05) is 158 Å². The van der Waals surface area contributed by atoms with Crippen molar-refractivity contribution in [2.24, 2.45) is 0 Å². The first-order valence-corrected chi connectivity index (χ1v) is 18.5. The highest BCUT2D eigenvalue weighted by atomic mass is 16.1. The maximum Gasteiger partial charge on any atom is 0.193 e. The topological polar surface area (TPSA) is 17.1 Å². The molecule has 0 aromatic heterocycles. The van der Waals surface area contributed by atoms with Crippen LogP contribution in [0.25, 0.3) is 39.0 Å². The molecule has 0 saturated carbocycles. The zero-order valence-corrected chi connectivity index (χ0v) is 28.5. The Labute approximate surface area is 303 Å². The van der Waals surface area contributed by atoms with Gasteiger partial charge in [0, 0.05) is 11.1 Å². The standard InChI is InChI=1S/C51H32O/c52-49(31-25-27-39-37-17-5-11-23-45(37)50(47(39)29-31)41-19-7-1-13-33(41)34-14-2-8-20-42(34)50)32-26-28-40-38-18-6-12-24-46(38)51(48(40)30-32)43-21-9-3-15-35(43)36-16-4-10-22-44(36)51/h1-3,5-15,17-30H,4,16H2. The molecule has 0 amide bonds. The molecule has 0 bridgehead atoms. The van der Waals surface area contributed by atoms with E-state index in [2.05, 4.69) is 170 Å². The van der Waals surface area contributed by atoms with Crippen molar-refractivity contribution in [2.75, 3.05) is 0 Å². The summed E-state index contributed by atoms with van der Waals surface area (Å²) in [4.78, 5) is 15.0. The van der Waals surface area contributed by atoms with Gasteiger partial charge in [0.1, 0.15) is 0 Å². The molecule has 2 spiro atoms. The lowest BCUT2D eigenvalue weighted by molar-refractivity contribution is 0.103. The lowest BCUT2D eigenvalue weighted by Crippen LogP contribution is -2.27. The summed E-state index contributed by atoms with van der Waals surface area (Å²) in [5.41, 5.74) is 21.1. The highest BCUT2D eigenvalue weighted by Gasteiger charge is 2.53. The molecule has 12 rings (SSSR count). The Hall–Kier alpha value is -6.31. The van der Waals surface area contributed by atoms with Crippen LogP contribution < -0.4 is 0 Å². The molecule has 1 nitrogen and oxygen atoms in total. The number of rotatable bonds is 2. The van der Waals surface area contributed by atoms with Crippen molar-refractivity contribution < 1.29 is 4.79 Å². The first kappa shape index (κ1) is 28.4. The van der Waals surface area contributed by atoms with Crippen molar-refractivity contribution in [2.45, 2.75) is 23.7 Å². The van der Waals surface area contributed by atoms with Crippen molar-refractivity contribution in [1.82, 2.24) is 0 Å². The molecular formula is C51H32O. The first-order valence-electron chi connectivity index (χ1n) is 18.5. The number of carbonyl (C=O) groups excluding carboxylic acids is 1. The fourth-order valence-corrected chi connectivity index (χ4v) is 10.9. The largest absolute Gasteiger partial charge is 0.289 e. The number of carbonyl (C=O) groups is 1. The Kier molecular flexibility index (Phi) is 5.42. The number of hydrogen-bond acceptors (Lipinski definition) is 1. The normalized spacial score (nSPS) is 18.4. The summed E-state index contributed by atoms with van der Waals surface area (Å²) in [6.07, 6.45) is 6.79. The van der Waals surface area contributed by atoms with E-state index in [1.54, 1.807) is 0 Å². The van der Waals surface area contributed by atoms with Crippen LogP contribution in [0.1, 0.15) is 73.3 Å². The van der Waals surface area contributed by atoms with Gasteiger partial charge in [0.15, 0.2) is 5.78 Å². The van der Waals surface area contributed by atoms with Crippen molar-refractivity contribution >= 4 is 11.4 Å². The summed E-state index contributed by atoms with van der Waals surface area (Å²) in [5.74, 6) is 0.0575. The van der Waals surface area contributed by atoms with Gasteiger partial charge < -0.3 is 0 Å². The van der Waals surface area contributed by atoms with Crippen LogP contribution >= 0.6 is 0 Å². The Morgan fingerprint density at radius 2 is 0.788 bits per heavy atom. The zero-order valence-electron chi connectivity index (χ0n) is 28.5. The summed E-state index contributed by atoms with van der Waals surface area (Å²) in [6.45, 7) is 0. The maximum absolute atomic E-state index is 15.0. The van der Waals surface area contributed by atoms with E-state index in [1.165, 1.54) is 89.0 Å². The molecule has 7 aromatic carbocycles. The monoisotopic (exact) mass is 660 g/mol. The van der Waals surface area contributed by atoms with Gasteiger partial charge in [-0.25, -0.2) is 0 Å². The lowest BCUT2D eigenvalue weighted by atomic mass is 9.68. The second-order valence-electron chi connectivity index (χ2n) is 14.9. The van der Waals surface area contributed by atoms with Gasteiger partial charge in [-0.2, -0.15) is 0 Å². The second-order valence-corrected chi connectivity index (χ2v) is 14.9. The number of ketones is 1. The molecule has 0 saturated heterocycles. The third-order valence-corrected chi connectivity index (χ3v) is 12.8. The van der Waals surface area contributed by atoms with Crippen molar-refractivity contribution in [3.8, 4) is 33.4 Å². The van der Waals surface area contributed by atoms with E-state index in [9.17, 15) is 4.79 Å². The molecule has 0 fully saturated rings. The van der Waals surface area contributed by atoms with Gasteiger partial charge >= 0.3 is 0 Å². The summed E-state index contributed by atoms with van der Waals surface area (Å²) in [6, 6.07) is 57.3. The first-order chi connectivity index (χ1) is 25.7. The van der Waals surface area contributed by atoms with Gasteiger partial charge in [0.25, 0.3) is 0 Å². The fourth-order valence-electron chi connectivity index (χ4n) is 10.9. The van der Waals surface area contributed by atoms with Crippen LogP contribution in [0.4, 0.5) is 0 Å². The second kappa shape index (κ2) is 9.93. The lowest BCUT2D eigenvalue weighted by Gasteiger charge is -2.32. The molecule has 0 radical (unpaired) electrons. The van der Waals surface area contributed by atoms with E-state index in [-0.39, 0.29) is 5.78 Å². The van der Waals surface area contributed by atoms with Crippen LogP contribution in [0, 0.1) is 0 Å². The van der Waals surface area contributed by atoms with Crippen LogP contribution in [0.2, 0.25) is 0 Å². The summed E-state index contributed by atoms with van der Waals surface area (Å²) in [5, 5.41) is 0. The number of benzene rings is 7. The molecule has 1 heteroatoms. The Balaban J connectivity index is 1.07. The average Bonchev–Trinajstić information content (AvgIpc) is 3.89.